The number of hydrogen-bond acceptors (Lipinski definition) is 7. The molecule has 4 rings (SSSR count). The van der Waals surface area contributed by atoms with Crippen LogP contribution < -0.4 is 20.3 Å². The quantitative estimate of drug-likeness (QED) is 0.683. The van der Waals surface area contributed by atoms with Crippen LogP contribution in [0.15, 0.2) is 36.7 Å². The van der Waals surface area contributed by atoms with E-state index in [1.54, 1.807) is 30.3 Å². The Hall–Kier alpha value is -3.36. The van der Waals surface area contributed by atoms with Gasteiger partial charge in [-0.3, -0.25) is 15.6 Å². The van der Waals surface area contributed by atoms with Crippen LogP contribution >= 0.6 is 0 Å². The third-order valence-electron chi connectivity index (χ3n) is 3.10. The van der Waals surface area contributed by atoms with Gasteiger partial charge in [-0.05, 0) is 30.3 Å². The number of hydrogen-bond donors (Lipinski definition) is 2. The van der Waals surface area contributed by atoms with E-state index < -0.39 is 0 Å². The molecule has 0 unspecified atom stereocenters. The molecular weight excluding hydrogens is 288 g/mol. The summed E-state index contributed by atoms with van der Waals surface area (Å²) in [4.78, 5) is 12.1. The van der Waals surface area contributed by atoms with Gasteiger partial charge in [0, 0.05) is 5.56 Å². The molecule has 1 aliphatic rings. The zero-order valence-electron chi connectivity index (χ0n) is 11.2. The van der Waals surface area contributed by atoms with Crippen LogP contribution in [0.25, 0.3) is 5.65 Å². The minimum atomic E-state index is -0.316. The first-order valence-corrected chi connectivity index (χ1v) is 6.43. The molecule has 22 heavy (non-hydrogen) atoms. The van der Waals surface area contributed by atoms with E-state index >= 15 is 0 Å². The van der Waals surface area contributed by atoms with Crippen molar-refractivity contribution in [2.75, 3.05) is 12.2 Å². The van der Waals surface area contributed by atoms with E-state index in [0.29, 0.717) is 28.5 Å². The molecule has 0 spiro atoms. The third-order valence-corrected chi connectivity index (χ3v) is 3.10. The van der Waals surface area contributed by atoms with Crippen molar-refractivity contribution in [3.8, 4) is 11.5 Å². The van der Waals surface area contributed by atoms with Gasteiger partial charge in [-0.25, -0.2) is 0 Å². The van der Waals surface area contributed by atoms with Gasteiger partial charge in [0.2, 0.25) is 6.79 Å². The highest BCUT2D eigenvalue weighted by Gasteiger charge is 2.16. The first-order valence-electron chi connectivity index (χ1n) is 6.43. The van der Waals surface area contributed by atoms with Crippen LogP contribution in [0, 0.1) is 0 Å². The predicted molar refractivity (Wildman–Crippen MR) is 74.4 cm³/mol. The van der Waals surface area contributed by atoms with Crippen molar-refractivity contribution in [2.24, 2.45) is 0 Å². The van der Waals surface area contributed by atoms with Crippen LogP contribution in [0.2, 0.25) is 0 Å². The molecule has 9 heteroatoms. The van der Waals surface area contributed by atoms with Crippen molar-refractivity contribution in [3.63, 3.8) is 0 Å². The fourth-order valence-corrected chi connectivity index (χ4v) is 2.03. The second-order valence-electron chi connectivity index (χ2n) is 4.50. The van der Waals surface area contributed by atoms with Crippen LogP contribution in [0.1, 0.15) is 10.4 Å². The molecule has 0 saturated heterocycles. The smallest absolute Gasteiger partial charge is 0.269 e. The van der Waals surface area contributed by atoms with Crippen molar-refractivity contribution < 1.29 is 14.3 Å². The standard InChI is InChI=1S/C13H10N6O3/c20-13(8-1-2-9-10(5-8)22-7-21-9)17-15-11-3-4-12-16-14-6-19(12)18-11/h1-6H,7H2,(H,15,18)(H,17,20). The first kappa shape index (κ1) is 12.4. The first-order chi connectivity index (χ1) is 10.8. The van der Waals surface area contributed by atoms with Gasteiger partial charge in [-0.1, -0.05) is 0 Å². The zero-order valence-corrected chi connectivity index (χ0v) is 11.2. The van der Waals surface area contributed by atoms with Crippen molar-refractivity contribution in [2.45, 2.75) is 0 Å². The number of aromatic nitrogens is 4. The van der Waals surface area contributed by atoms with Gasteiger partial charge < -0.3 is 9.47 Å². The molecule has 0 radical (unpaired) electrons. The number of fused-ring (bicyclic) bond motifs is 2. The second-order valence-corrected chi connectivity index (χ2v) is 4.50. The van der Waals surface area contributed by atoms with E-state index in [4.69, 9.17) is 9.47 Å². The number of nitrogens with one attached hydrogen (secondary N) is 2. The van der Waals surface area contributed by atoms with Crippen LogP contribution in [0.4, 0.5) is 5.82 Å². The van der Waals surface area contributed by atoms with Gasteiger partial charge in [0.05, 0.1) is 0 Å². The predicted octanol–water partition coefficient (Wildman–Crippen LogP) is 0.610. The normalized spacial score (nSPS) is 12.4. The summed E-state index contributed by atoms with van der Waals surface area (Å²) in [6.07, 6.45) is 1.47. The summed E-state index contributed by atoms with van der Waals surface area (Å²) in [5.41, 5.74) is 6.36. The Labute approximate surface area is 123 Å². The molecule has 3 heterocycles. The summed E-state index contributed by atoms with van der Waals surface area (Å²) < 4.78 is 11.9. The molecule has 0 fully saturated rings. The summed E-state index contributed by atoms with van der Waals surface area (Å²) >= 11 is 0. The van der Waals surface area contributed by atoms with Gasteiger partial charge in [0.15, 0.2) is 23.0 Å². The lowest BCUT2D eigenvalue weighted by Crippen LogP contribution is -2.30. The monoisotopic (exact) mass is 298 g/mol. The van der Waals surface area contributed by atoms with Crippen molar-refractivity contribution >= 4 is 17.4 Å². The molecule has 1 amide bonds. The number of anilines is 1. The third kappa shape index (κ3) is 2.14. The topological polar surface area (TPSA) is 103 Å². The molecule has 0 saturated carbocycles. The van der Waals surface area contributed by atoms with Crippen molar-refractivity contribution in [1.82, 2.24) is 25.2 Å². The molecule has 2 aromatic heterocycles. The Morgan fingerprint density at radius 1 is 1.18 bits per heavy atom. The molecule has 1 aliphatic heterocycles. The number of hydrazine groups is 1. The molecule has 2 N–H and O–H groups in total. The average Bonchev–Trinajstić information content (AvgIpc) is 3.19. The lowest BCUT2D eigenvalue weighted by molar-refractivity contribution is 0.0962. The molecule has 110 valence electrons. The Bertz CT molecular complexity index is 862. The fraction of sp³-hybridized carbons (Fsp3) is 0.0769. The van der Waals surface area contributed by atoms with Crippen LogP contribution in [-0.2, 0) is 0 Å². The summed E-state index contributed by atoms with van der Waals surface area (Å²) in [5, 5.41) is 11.8. The number of benzene rings is 1. The Kier molecular flexibility index (Phi) is 2.75. The van der Waals surface area contributed by atoms with Gasteiger partial charge in [0.25, 0.3) is 5.91 Å². The summed E-state index contributed by atoms with van der Waals surface area (Å²) in [5.74, 6) is 1.33. The number of nitrogens with zero attached hydrogens (tertiary/aromatic N) is 4. The molecule has 9 nitrogen and oxygen atoms in total. The average molecular weight is 298 g/mol. The maximum atomic E-state index is 12.1. The molecule has 1 aromatic carbocycles. The largest absolute Gasteiger partial charge is 0.454 e. The van der Waals surface area contributed by atoms with Gasteiger partial charge in [0.1, 0.15) is 6.33 Å². The van der Waals surface area contributed by atoms with E-state index in [0.717, 1.165) is 0 Å². The molecule has 0 atom stereocenters. The van der Waals surface area contributed by atoms with Gasteiger partial charge >= 0.3 is 0 Å². The van der Waals surface area contributed by atoms with E-state index in [2.05, 4.69) is 26.1 Å². The van der Waals surface area contributed by atoms with Gasteiger partial charge in [-0.2, -0.15) is 4.52 Å². The van der Waals surface area contributed by atoms with Crippen LogP contribution in [0.3, 0.4) is 0 Å². The Morgan fingerprint density at radius 2 is 2.09 bits per heavy atom. The number of carbonyl (C=O) groups excluding carboxylic acids is 1. The number of amides is 1. The molecule has 0 aliphatic carbocycles. The van der Waals surface area contributed by atoms with Crippen LogP contribution in [-0.4, -0.2) is 32.5 Å². The lowest BCUT2D eigenvalue weighted by Gasteiger charge is -2.08. The summed E-state index contributed by atoms with van der Waals surface area (Å²) in [7, 11) is 0. The van der Waals surface area contributed by atoms with Crippen LogP contribution in [0.5, 0.6) is 11.5 Å². The van der Waals surface area contributed by atoms with E-state index in [1.807, 2.05) is 0 Å². The van der Waals surface area contributed by atoms with Crippen molar-refractivity contribution in [3.05, 3.63) is 42.2 Å². The fourth-order valence-electron chi connectivity index (χ4n) is 2.03. The molecule has 0 bridgehead atoms. The number of ether oxygens (including phenoxy) is 2. The minimum absolute atomic E-state index is 0.168. The highest BCUT2D eigenvalue weighted by Crippen LogP contribution is 2.32. The van der Waals surface area contributed by atoms with E-state index in [-0.39, 0.29) is 12.7 Å². The zero-order chi connectivity index (χ0) is 14.9. The van der Waals surface area contributed by atoms with Crippen molar-refractivity contribution in [1.29, 1.82) is 0 Å². The highest BCUT2D eigenvalue weighted by atomic mass is 16.7. The lowest BCUT2D eigenvalue weighted by atomic mass is 10.2. The Balaban J connectivity index is 1.47. The summed E-state index contributed by atoms with van der Waals surface area (Å²) in [6.45, 7) is 0.168. The maximum Gasteiger partial charge on any atom is 0.269 e. The maximum absolute atomic E-state index is 12.1. The minimum Gasteiger partial charge on any atom is -0.454 e. The number of carbonyl (C=O) groups is 1. The second kappa shape index (κ2) is 4.88. The van der Waals surface area contributed by atoms with E-state index in [1.165, 1.54) is 10.8 Å². The highest BCUT2D eigenvalue weighted by molar-refractivity contribution is 5.95. The van der Waals surface area contributed by atoms with Gasteiger partial charge in [-0.15, -0.1) is 15.3 Å². The van der Waals surface area contributed by atoms with E-state index in [9.17, 15) is 4.79 Å². The number of rotatable bonds is 3. The SMILES string of the molecule is O=C(NNc1ccc2nncn2n1)c1ccc2c(c1)OCO2. The summed E-state index contributed by atoms with van der Waals surface area (Å²) in [6, 6.07) is 8.38. The molecular formula is C13H10N6O3. The Morgan fingerprint density at radius 3 is 3.05 bits per heavy atom. The molecule has 3 aromatic rings.